The van der Waals surface area contributed by atoms with Crippen LogP contribution >= 0.6 is 0 Å². The normalized spacial score (nSPS) is 9.86. The number of hydrogen-bond donors (Lipinski definition) is 0. The van der Waals surface area contributed by atoms with Crippen LogP contribution in [-0.4, -0.2) is 19.2 Å². The van der Waals surface area contributed by atoms with Gasteiger partial charge in [-0.25, -0.2) is 4.79 Å². The summed E-state index contributed by atoms with van der Waals surface area (Å²) in [6.07, 6.45) is 1.68. The van der Waals surface area contributed by atoms with Crippen LogP contribution in [0.25, 0.3) is 0 Å². The van der Waals surface area contributed by atoms with E-state index in [4.69, 9.17) is 14.2 Å². The fraction of sp³-hybridized carbons (Fsp3) is 0.167. The second-order valence-corrected chi connectivity index (χ2v) is 4.42. The van der Waals surface area contributed by atoms with Gasteiger partial charge in [0.1, 0.15) is 23.9 Å². The molecule has 0 aromatic heterocycles. The van der Waals surface area contributed by atoms with Gasteiger partial charge in [0, 0.05) is 6.07 Å². The number of esters is 1. The number of rotatable bonds is 7. The summed E-state index contributed by atoms with van der Waals surface area (Å²) in [6.45, 7) is 6.18. The number of carbonyl (C=O) groups is 1. The maximum absolute atomic E-state index is 11.6. The zero-order valence-electron chi connectivity index (χ0n) is 12.5. The minimum absolute atomic E-state index is 0.339. The van der Waals surface area contributed by atoms with Crippen molar-refractivity contribution in [1.82, 2.24) is 0 Å². The van der Waals surface area contributed by atoms with Crippen molar-refractivity contribution in [2.24, 2.45) is 0 Å². The van der Waals surface area contributed by atoms with Crippen molar-refractivity contribution in [3.8, 4) is 17.2 Å². The Bertz CT molecular complexity index is 632. The minimum atomic E-state index is -0.339. The van der Waals surface area contributed by atoms with Crippen LogP contribution in [0.2, 0.25) is 0 Å². The number of hydrogen-bond acceptors (Lipinski definition) is 4. The Morgan fingerprint density at radius 2 is 1.82 bits per heavy atom. The Labute approximate surface area is 129 Å². The van der Waals surface area contributed by atoms with Gasteiger partial charge in [0.25, 0.3) is 0 Å². The molecule has 0 fully saturated rings. The van der Waals surface area contributed by atoms with E-state index in [1.807, 2.05) is 18.2 Å². The standard InChI is InChI=1S/C18H18O4/c1-3-12-21-16-6-5-7-17(13-16)22-15-10-8-14(9-11-15)18(19)20-4-2/h3,5-11,13H,1,4,12H2,2H3. The van der Waals surface area contributed by atoms with Crippen molar-refractivity contribution in [3.63, 3.8) is 0 Å². The van der Waals surface area contributed by atoms with E-state index in [9.17, 15) is 4.79 Å². The van der Waals surface area contributed by atoms with Gasteiger partial charge in [-0.1, -0.05) is 18.7 Å². The van der Waals surface area contributed by atoms with Crippen molar-refractivity contribution < 1.29 is 19.0 Å². The predicted octanol–water partition coefficient (Wildman–Crippen LogP) is 4.22. The lowest BCUT2D eigenvalue weighted by atomic mass is 10.2. The summed E-state index contributed by atoms with van der Waals surface area (Å²) in [6, 6.07) is 14.1. The monoisotopic (exact) mass is 298 g/mol. The largest absolute Gasteiger partial charge is 0.489 e. The summed E-state index contributed by atoms with van der Waals surface area (Å²) < 4.78 is 16.1. The highest BCUT2D eigenvalue weighted by Gasteiger charge is 2.06. The highest BCUT2D eigenvalue weighted by Crippen LogP contribution is 2.25. The molecule has 0 aliphatic carbocycles. The molecule has 0 saturated carbocycles. The Kier molecular flexibility index (Phi) is 5.60. The molecule has 0 saturated heterocycles. The average Bonchev–Trinajstić information content (AvgIpc) is 2.54. The third-order valence-corrected chi connectivity index (χ3v) is 2.77. The molecule has 4 nitrogen and oxygen atoms in total. The van der Waals surface area contributed by atoms with Crippen LogP contribution in [0.3, 0.4) is 0 Å². The summed E-state index contributed by atoms with van der Waals surface area (Å²) in [5, 5.41) is 0. The van der Waals surface area contributed by atoms with E-state index < -0.39 is 0 Å². The van der Waals surface area contributed by atoms with Gasteiger partial charge in [0.15, 0.2) is 0 Å². The molecule has 0 bridgehead atoms. The van der Waals surface area contributed by atoms with Gasteiger partial charge >= 0.3 is 5.97 Å². The summed E-state index contributed by atoms with van der Waals surface area (Å²) in [7, 11) is 0. The van der Waals surface area contributed by atoms with E-state index in [0.717, 1.165) is 0 Å². The topological polar surface area (TPSA) is 44.8 Å². The molecule has 2 aromatic rings. The Hall–Kier alpha value is -2.75. The summed E-state index contributed by atoms with van der Waals surface area (Å²) >= 11 is 0. The lowest BCUT2D eigenvalue weighted by molar-refractivity contribution is 0.0526. The fourth-order valence-electron chi connectivity index (χ4n) is 1.79. The van der Waals surface area contributed by atoms with E-state index >= 15 is 0 Å². The molecule has 0 aliphatic rings. The lowest BCUT2D eigenvalue weighted by Gasteiger charge is -2.09. The zero-order chi connectivity index (χ0) is 15.8. The molecule has 2 rings (SSSR count). The first-order chi connectivity index (χ1) is 10.7. The molecule has 0 unspecified atom stereocenters. The maximum Gasteiger partial charge on any atom is 0.338 e. The van der Waals surface area contributed by atoms with Crippen LogP contribution in [0.4, 0.5) is 0 Å². The minimum Gasteiger partial charge on any atom is -0.489 e. The molecule has 22 heavy (non-hydrogen) atoms. The van der Waals surface area contributed by atoms with Crippen LogP contribution in [0, 0.1) is 0 Å². The second-order valence-electron chi connectivity index (χ2n) is 4.42. The van der Waals surface area contributed by atoms with Gasteiger partial charge < -0.3 is 14.2 Å². The van der Waals surface area contributed by atoms with E-state index in [-0.39, 0.29) is 5.97 Å². The van der Waals surface area contributed by atoms with Crippen molar-refractivity contribution in [3.05, 3.63) is 66.7 Å². The van der Waals surface area contributed by atoms with Gasteiger partial charge in [-0.05, 0) is 43.3 Å². The molecule has 4 heteroatoms. The van der Waals surface area contributed by atoms with Crippen molar-refractivity contribution in [2.45, 2.75) is 6.92 Å². The van der Waals surface area contributed by atoms with Crippen LogP contribution in [0.5, 0.6) is 17.2 Å². The van der Waals surface area contributed by atoms with Crippen molar-refractivity contribution in [1.29, 1.82) is 0 Å². The Morgan fingerprint density at radius 3 is 2.50 bits per heavy atom. The average molecular weight is 298 g/mol. The number of carbonyl (C=O) groups excluding carboxylic acids is 1. The first-order valence-corrected chi connectivity index (χ1v) is 7.01. The summed E-state index contributed by atoms with van der Waals surface area (Å²) in [5.74, 6) is 1.66. The quantitative estimate of drug-likeness (QED) is 0.567. The molecule has 0 aliphatic heterocycles. The van der Waals surface area contributed by atoms with Gasteiger partial charge in [0.2, 0.25) is 0 Å². The molecule has 114 valence electrons. The van der Waals surface area contributed by atoms with Gasteiger partial charge in [-0.15, -0.1) is 0 Å². The second kappa shape index (κ2) is 7.88. The van der Waals surface area contributed by atoms with E-state index in [0.29, 0.717) is 36.0 Å². The fourth-order valence-corrected chi connectivity index (χ4v) is 1.79. The number of ether oxygens (including phenoxy) is 3. The van der Waals surface area contributed by atoms with Crippen LogP contribution in [0.15, 0.2) is 61.2 Å². The van der Waals surface area contributed by atoms with E-state index in [2.05, 4.69) is 6.58 Å². The number of benzene rings is 2. The molecule has 0 radical (unpaired) electrons. The molecule has 0 spiro atoms. The molecule has 2 aromatic carbocycles. The van der Waals surface area contributed by atoms with Crippen LogP contribution < -0.4 is 9.47 Å². The lowest BCUT2D eigenvalue weighted by Crippen LogP contribution is -2.04. The van der Waals surface area contributed by atoms with Crippen LogP contribution in [0.1, 0.15) is 17.3 Å². The Balaban J connectivity index is 2.04. The highest BCUT2D eigenvalue weighted by atomic mass is 16.5. The van der Waals surface area contributed by atoms with Crippen molar-refractivity contribution >= 4 is 5.97 Å². The third kappa shape index (κ3) is 4.38. The molecule has 0 amide bonds. The van der Waals surface area contributed by atoms with E-state index in [1.165, 1.54) is 0 Å². The molecule has 0 N–H and O–H groups in total. The first-order valence-electron chi connectivity index (χ1n) is 7.01. The maximum atomic E-state index is 11.6. The van der Waals surface area contributed by atoms with Crippen molar-refractivity contribution in [2.75, 3.05) is 13.2 Å². The Morgan fingerprint density at radius 1 is 1.09 bits per heavy atom. The molecule has 0 atom stereocenters. The summed E-state index contributed by atoms with van der Waals surface area (Å²) in [4.78, 5) is 11.6. The molecular formula is C18H18O4. The van der Waals surface area contributed by atoms with E-state index in [1.54, 1.807) is 43.3 Å². The predicted molar refractivity (Wildman–Crippen MR) is 84.6 cm³/mol. The highest BCUT2D eigenvalue weighted by molar-refractivity contribution is 5.89. The van der Waals surface area contributed by atoms with Gasteiger partial charge in [-0.2, -0.15) is 0 Å². The SMILES string of the molecule is C=CCOc1cccc(Oc2ccc(C(=O)OCC)cc2)c1. The molecule has 0 heterocycles. The van der Waals surface area contributed by atoms with Crippen LogP contribution in [-0.2, 0) is 4.74 Å². The summed E-state index contributed by atoms with van der Waals surface area (Å²) in [5.41, 5.74) is 0.497. The zero-order valence-corrected chi connectivity index (χ0v) is 12.5. The molecular weight excluding hydrogens is 280 g/mol. The third-order valence-electron chi connectivity index (χ3n) is 2.77. The van der Waals surface area contributed by atoms with Gasteiger partial charge in [0.05, 0.1) is 12.2 Å². The smallest absolute Gasteiger partial charge is 0.338 e. The van der Waals surface area contributed by atoms with Gasteiger partial charge in [-0.3, -0.25) is 0 Å². The first kappa shape index (κ1) is 15.6.